The van der Waals surface area contributed by atoms with E-state index in [1.165, 1.54) is 5.56 Å². The maximum atomic E-state index is 12.7. The van der Waals surface area contributed by atoms with Gasteiger partial charge in [0.2, 0.25) is 0 Å². The smallest absolute Gasteiger partial charge is 0.255 e. The third-order valence-corrected chi connectivity index (χ3v) is 4.61. The molecule has 4 nitrogen and oxygen atoms in total. The monoisotopic (exact) mass is 381 g/mol. The second kappa shape index (κ2) is 9.76. The van der Waals surface area contributed by atoms with Crippen LogP contribution in [0.3, 0.4) is 0 Å². The number of aromatic nitrogens is 1. The van der Waals surface area contributed by atoms with E-state index >= 15 is 0 Å². The molecular formula is C19H25Cl2N3O. The van der Waals surface area contributed by atoms with E-state index in [1.807, 2.05) is 17.2 Å². The lowest BCUT2D eigenvalue weighted by Gasteiger charge is -2.31. The third-order valence-electron chi connectivity index (χ3n) is 4.61. The predicted octanol–water partition coefficient (Wildman–Crippen LogP) is 3.71. The lowest BCUT2D eigenvalue weighted by Crippen LogP contribution is -2.40. The molecule has 1 fully saturated rings. The Morgan fingerprint density at radius 1 is 1.12 bits per heavy atom. The quantitative estimate of drug-likeness (QED) is 0.881. The van der Waals surface area contributed by atoms with Crippen molar-refractivity contribution in [2.75, 3.05) is 19.6 Å². The summed E-state index contributed by atoms with van der Waals surface area (Å²) in [5.41, 5.74) is 9.66. The summed E-state index contributed by atoms with van der Waals surface area (Å²) in [6.45, 7) is 4.35. The first-order valence-electron chi connectivity index (χ1n) is 8.19. The topological polar surface area (TPSA) is 59.2 Å². The van der Waals surface area contributed by atoms with Crippen LogP contribution in [0, 0.1) is 12.8 Å². The number of aryl methyl sites for hydroxylation is 1. The second-order valence-corrected chi connectivity index (χ2v) is 6.30. The van der Waals surface area contributed by atoms with Crippen LogP contribution in [0.2, 0.25) is 0 Å². The van der Waals surface area contributed by atoms with Gasteiger partial charge in [0.15, 0.2) is 0 Å². The van der Waals surface area contributed by atoms with Crippen molar-refractivity contribution >= 4 is 30.7 Å². The first-order valence-corrected chi connectivity index (χ1v) is 8.19. The molecule has 0 bridgehead atoms. The molecule has 0 atom stereocenters. The Balaban J connectivity index is 0.00000156. The van der Waals surface area contributed by atoms with Gasteiger partial charge >= 0.3 is 0 Å². The fraction of sp³-hybridized carbons (Fsp3) is 0.368. The number of carbonyl (C=O) groups excluding carboxylic acids is 1. The molecule has 6 heteroatoms. The molecule has 0 radical (unpaired) electrons. The average molecular weight is 382 g/mol. The Morgan fingerprint density at radius 2 is 1.76 bits per heavy atom. The van der Waals surface area contributed by atoms with Crippen molar-refractivity contribution in [3.05, 3.63) is 53.9 Å². The van der Waals surface area contributed by atoms with Crippen molar-refractivity contribution in [3.63, 3.8) is 0 Å². The van der Waals surface area contributed by atoms with Gasteiger partial charge in [-0.15, -0.1) is 24.8 Å². The largest absolute Gasteiger partial charge is 0.339 e. The minimum Gasteiger partial charge on any atom is -0.339 e. The third kappa shape index (κ3) is 5.18. The van der Waals surface area contributed by atoms with E-state index in [2.05, 4.69) is 36.2 Å². The standard InChI is InChI=1S/C19H23N3O.2ClH/c1-14-2-4-16(5-3-14)17-10-18(13-21-12-17)19(23)22-8-6-15(11-20)7-9-22;;/h2-5,10,12-13,15H,6-9,11,20H2,1H3;2*1H. The highest BCUT2D eigenvalue weighted by Crippen LogP contribution is 2.22. The van der Waals surface area contributed by atoms with Crippen molar-refractivity contribution < 1.29 is 4.79 Å². The number of amides is 1. The molecule has 1 saturated heterocycles. The normalized spacial score (nSPS) is 14.4. The number of rotatable bonds is 3. The van der Waals surface area contributed by atoms with Crippen LogP contribution in [0.5, 0.6) is 0 Å². The zero-order chi connectivity index (χ0) is 16.2. The van der Waals surface area contributed by atoms with Crippen LogP contribution in [0.25, 0.3) is 11.1 Å². The molecule has 0 aliphatic carbocycles. The molecule has 0 unspecified atom stereocenters. The number of piperidine rings is 1. The van der Waals surface area contributed by atoms with Crippen molar-refractivity contribution in [1.29, 1.82) is 0 Å². The predicted molar refractivity (Wildman–Crippen MR) is 107 cm³/mol. The van der Waals surface area contributed by atoms with E-state index < -0.39 is 0 Å². The van der Waals surface area contributed by atoms with E-state index in [0.29, 0.717) is 18.0 Å². The van der Waals surface area contributed by atoms with Crippen molar-refractivity contribution in [2.45, 2.75) is 19.8 Å². The molecule has 1 aromatic carbocycles. The zero-order valence-corrected chi connectivity index (χ0v) is 16.0. The summed E-state index contributed by atoms with van der Waals surface area (Å²) in [7, 11) is 0. The Labute approximate surface area is 161 Å². The number of carbonyl (C=O) groups is 1. The van der Waals surface area contributed by atoms with Crippen LogP contribution >= 0.6 is 24.8 Å². The van der Waals surface area contributed by atoms with Crippen LogP contribution < -0.4 is 5.73 Å². The molecule has 3 rings (SSSR count). The van der Waals surface area contributed by atoms with Gasteiger partial charge < -0.3 is 10.6 Å². The molecular weight excluding hydrogens is 357 g/mol. The first kappa shape index (κ1) is 21.4. The molecule has 136 valence electrons. The van der Waals surface area contributed by atoms with Gasteiger partial charge in [-0.3, -0.25) is 9.78 Å². The van der Waals surface area contributed by atoms with E-state index in [9.17, 15) is 4.79 Å². The zero-order valence-electron chi connectivity index (χ0n) is 14.4. The molecule has 0 spiro atoms. The molecule has 2 aromatic rings. The summed E-state index contributed by atoms with van der Waals surface area (Å²) in [6, 6.07) is 10.2. The molecule has 1 aliphatic heterocycles. The number of likely N-dealkylation sites (tertiary alicyclic amines) is 1. The molecule has 1 aliphatic rings. The number of benzene rings is 1. The average Bonchev–Trinajstić information content (AvgIpc) is 2.62. The Bertz CT molecular complexity index is 683. The molecule has 1 amide bonds. The maximum absolute atomic E-state index is 12.7. The molecule has 2 heterocycles. The van der Waals surface area contributed by atoms with Gasteiger partial charge in [-0.1, -0.05) is 29.8 Å². The maximum Gasteiger partial charge on any atom is 0.255 e. The number of nitrogens with two attached hydrogens (primary N) is 1. The first-order chi connectivity index (χ1) is 11.2. The highest BCUT2D eigenvalue weighted by Gasteiger charge is 2.23. The molecule has 2 N–H and O–H groups in total. The minimum absolute atomic E-state index is 0. The Morgan fingerprint density at radius 3 is 2.36 bits per heavy atom. The number of pyridine rings is 1. The highest BCUT2D eigenvalue weighted by atomic mass is 35.5. The summed E-state index contributed by atoms with van der Waals surface area (Å²) >= 11 is 0. The summed E-state index contributed by atoms with van der Waals surface area (Å²) in [6.07, 6.45) is 5.46. The van der Waals surface area contributed by atoms with Crippen molar-refractivity contribution in [1.82, 2.24) is 9.88 Å². The number of hydrogen-bond acceptors (Lipinski definition) is 3. The van der Waals surface area contributed by atoms with E-state index in [0.717, 1.165) is 37.1 Å². The molecule has 25 heavy (non-hydrogen) atoms. The summed E-state index contributed by atoms with van der Waals surface area (Å²) < 4.78 is 0. The summed E-state index contributed by atoms with van der Waals surface area (Å²) in [4.78, 5) is 18.9. The molecule has 0 saturated carbocycles. The minimum atomic E-state index is 0. The fourth-order valence-electron chi connectivity index (χ4n) is 3.02. The highest BCUT2D eigenvalue weighted by molar-refractivity contribution is 5.95. The SMILES string of the molecule is Cc1ccc(-c2cncc(C(=O)N3CCC(CN)CC3)c2)cc1.Cl.Cl. The summed E-state index contributed by atoms with van der Waals surface area (Å²) in [5.74, 6) is 0.623. The van der Waals surface area contributed by atoms with Crippen molar-refractivity contribution in [2.24, 2.45) is 11.7 Å². The Kier molecular flexibility index (Phi) is 8.36. The van der Waals surface area contributed by atoms with E-state index in [4.69, 9.17) is 5.73 Å². The van der Waals surface area contributed by atoms with Gasteiger partial charge in [0.1, 0.15) is 0 Å². The lowest BCUT2D eigenvalue weighted by atomic mass is 9.96. The fourth-order valence-corrected chi connectivity index (χ4v) is 3.02. The Hall–Kier alpha value is -1.62. The lowest BCUT2D eigenvalue weighted by molar-refractivity contribution is 0.0693. The van der Waals surface area contributed by atoms with Gasteiger partial charge in [0.25, 0.3) is 5.91 Å². The van der Waals surface area contributed by atoms with Crippen molar-refractivity contribution in [3.8, 4) is 11.1 Å². The molecule has 1 aromatic heterocycles. The van der Waals surface area contributed by atoms with Gasteiger partial charge in [0.05, 0.1) is 5.56 Å². The number of nitrogens with zero attached hydrogens (tertiary/aromatic N) is 2. The van der Waals surface area contributed by atoms with Crippen LogP contribution in [-0.4, -0.2) is 35.4 Å². The van der Waals surface area contributed by atoms with Crippen LogP contribution in [-0.2, 0) is 0 Å². The van der Waals surface area contributed by atoms with Gasteiger partial charge in [-0.05, 0) is 43.9 Å². The second-order valence-electron chi connectivity index (χ2n) is 6.30. The van der Waals surface area contributed by atoms with Crippen LogP contribution in [0.1, 0.15) is 28.8 Å². The van der Waals surface area contributed by atoms with E-state index in [-0.39, 0.29) is 30.7 Å². The number of hydrogen-bond donors (Lipinski definition) is 1. The van der Waals surface area contributed by atoms with E-state index in [1.54, 1.807) is 6.20 Å². The van der Waals surface area contributed by atoms with Gasteiger partial charge in [-0.25, -0.2) is 0 Å². The number of halogens is 2. The van der Waals surface area contributed by atoms with Crippen LogP contribution in [0.4, 0.5) is 0 Å². The van der Waals surface area contributed by atoms with Gasteiger partial charge in [0, 0.05) is 31.0 Å². The van der Waals surface area contributed by atoms with Crippen LogP contribution in [0.15, 0.2) is 42.7 Å². The summed E-state index contributed by atoms with van der Waals surface area (Å²) in [5, 5.41) is 0. The van der Waals surface area contributed by atoms with Gasteiger partial charge in [-0.2, -0.15) is 0 Å².